The summed E-state index contributed by atoms with van der Waals surface area (Å²) < 4.78 is 21.8. The Labute approximate surface area is 93.3 Å². The number of benzene rings is 1. The van der Waals surface area contributed by atoms with E-state index in [1.165, 1.54) is 0 Å². The van der Waals surface area contributed by atoms with Gasteiger partial charge in [-0.25, -0.2) is 8.42 Å². The van der Waals surface area contributed by atoms with E-state index >= 15 is 0 Å². The zero-order valence-electron chi connectivity index (χ0n) is 7.84. The summed E-state index contributed by atoms with van der Waals surface area (Å²) in [5.41, 5.74) is 2.28. The first-order valence-corrected chi connectivity index (χ1v) is 6.84. The van der Waals surface area contributed by atoms with Gasteiger partial charge in [-0.3, -0.25) is 0 Å². The van der Waals surface area contributed by atoms with Crippen LogP contribution in [0.2, 0.25) is 5.02 Å². The third kappa shape index (κ3) is 2.87. The summed E-state index contributed by atoms with van der Waals surface area (Å²) in [4.78, 5) is 0. The topological polar surface area (TPSA) is 34.1 Å². The molecule has 14 heavy (non-hydrogen) atoms. The Balaban J connectivity index is 3.27. The van der Waals surface area contributed by atoms with Crippen molar-refractivity contribution in [3.05, 3.63) is 33.8 Å². The lowest BCUT2D eigenvalue weighted by Gasteiger charge is -2.08. The quantitative estimate of drug-likeness (QED) is 0.759. The number of halogens is 2. The van der Waals surface area contributed by atoms with E-state index in [0.29, 0.717) is 10.6 Å². The van der Waals surface area contributed by atoms with Gasteiger partial charge < -0.3 is 0 Å². The third-order valence-electron chi connectivity index (χ3n) is 1.99. The summed E-state index contributed by atoms with van der Waals surface area (Å²) >= 11 is 5.98. The average Bonchev–Trinajstić information content (AvgIpc) is 2.04. The Bertz CT molecular complexity index is 452. The maximum Gasteiger partial charge on any atom is 0.236 e. The minimum atomic E-state index is -3.55. The van der Waals surface area contributed by atoms with Gasteiger partial charge in [0.25, 0.3) is 0 Å². The lowest BCUT2D eigenvalue weighted by Crippen LogP contribution is -1.99. The molecule has 5 heteroatoms. The van der Waals surface area contributed by atoms with Crippen molar-refractivity contribution in [3.8, 4) is 0 Å². The van der Waals surface area contributed by atoms with E-state index in [4.69, 9.17) is 22.3 Å². The van der Waals surface area contributed by atoms with Crippen molar-refractivity contribution >= 4 is 31.3 Å². The molecule has 0 aliphatic carbocycles. The molecule has 0 aliphatic heterocycles. The molecule has 0 unspecified atom stereocenters. The Morgan fingerprint density at radius 1 is 1.21 bits per heavy atom. The largest absolute Gasteiger partial charge is 0.236 e. The Morgan fingerprint density at radius 2 is 1.71 bits per heavy atom. The first-order valence-electron chi connectivity index (χ1n) is 3.98. The van der Waals surface area contributed by atoms with Crippen molar-refractivity contribution < 1.29 is 8.42 Å². The Morgan fingerprint density at radius 3 is 2.21 bits per heavy atom. The SMILES string of the molecule is Cc1ccc(C)c(CS(=O)(=O)Cl)c1Cl. The summed E-state index contributed by atoms with van der Waals surface area (Å²) in [5, 5.41) is 0.481. The van der Waals surface area contributed by atoms with Crippen molar-refractivity contribution in [3.63, 3.8) is 0 Å². The Kier molecular flexibility index (Phi) is 3.45. The number of hydrogen-bond acceptors (Lipinski definition) is 2. The van der Waals surface area contributed by atoms with Crippen molar-refractivity contribution in [2.75, 3.05) is 0 Å². The first-order chi connectivity index (χ1) is 6.31. The number of aryl methyl sites for hydroxylation is 2. The van der Waals surface area contributed by atoms with E-state index in [-0.39, 0.29) is 5.75 Å². The molecular formula is C9H10Cl2O2S. The molecule has 1 aromatic rings. The van der Waals surface area contributed by atoms with Gasteiger partial charge in [-0.1, -0.05) is 23.7 Å². The predicted molar refractivity (Wildman–Crippen MR) is 59.4 cm³/mol. The van der Waals surface area contributed by atoms with E-state index < -0.39 is 9.05 Å². The molecule has 0 saturated heterocycles. The molecule has 0 N–H and O–H groups in total. The molecule has 0 fully saturated rings. The maximum atomic E-state index is 10.9. The lowest BCUT2D eigenvalue weighted by atomic mass is 10.1. The van der Waals surface area contributed by atoms with Gasteiger partial charge in [-0.2, -0.15) is 0 Å². The summed E-state index contributed by atoms with van der Waals surface area (Å²) in [7, 11) is 1.63. The molecule has 0 aliphatic rings. The van der Waals surface area contributed by atoms with Gasteiger partial charge >= 0.3 is 0 Å². The second-order valence-corrected chi connectivity index (χ2v) is 6.33. The zero-order valence-corrected chi connectivity index (χ0v) is 10.2. The van der Waals surface area contributed by atoms with Crippen LogP contribution in [0.25, 0.3) is 0 Å². The van der Waals surface area contributed by atoms with Crippen molar-refractivity contribution in [2.24, 2.45) is 0 Å². The van der Waals surface area contributed by atoms with E-state index in [2.05, 4.69) is 0 Å². The van der Waals surface area contributed by atoms with E-state index in [1.54, 1.807) is 0 Å². The van der Waals surface area contributed by atoms with E-state index in [0.717, 1.165) is 11.1 Å². The summed E-state index contributed by atoms with van der Waals surface area (Å²) in [6.45, 7) is 3.63. The highest BCUT2D eigenvalue weighted by molar-refractivity contribution is 8.13. The average molecular weight is 253 g/mol. The molecule has 78 valence electrons. The Hall–Kier alpha value is -0.250. The molecule has 0 saturated carbocycles. The molecule has 0 radical (unpaired) electrons. The zero-order chi connectivity index (χ0) is 10.9. The molecular weight excluding hydrogens is 243 g/mol. The third-order valence-corrected chi connectivity index (χ3v) is 3.47. The fourth-order valence-corrected chi connectivity index (χ4v) is 2.59. The second-order valence-electron chi connectivity index (χ2n) is 3.18. The van der Waals surface area contributed by atoms with Crippen molar-refractivity contribution in [1.29, 1.82) is 0 Å². The van der Waals surface area contributed by atoms with Gasteiger partial charge in [-0.15, -0.1) is 0 Å². The van der Waals surface area contributed by atoms with Crippen LogP contribution in [0.5, 0.6) is 0 Å². The van der Waals surface area contributed by atoms with Crippen molar-refractivity contribution in [2.45, 2.75) is 19.6 Å². The molecule has 1 rings (SSSR count). The number of hydrogen-bond donors (Lipinski definition) is 0. The van der Waals surface area contributed by atoms with Crippen LogP contribution in [0, 0.1) is 13.8 Å². The van der Waals surface area contributed by atoms with Crippen LogP contribution in [0.3, 0.4) is 0 Å². The maximum absolute atomic E-state index is 10.9. The first kappa shape index (κ1) is 11.8. The molecule has 0 heterocycles. The van der Waals surface area contributed by atoms with E-state index in [1.807, 2.05) is 26.0 Å². The smallest absolute Gasteiger partial charge is 0.212 e. The fraction of sp³-hybridized carbons (Fsp3) is 0.333. The van der Waals surface area contributed by atoms with Gasteiger partial charge in [0.05, 0.1) is 5.75 Å². The minimum Gasteiger partial charge on any atom is -0.212 e. The minimum absolute atomic E-state index is 0.221. The lowest BCUT2D eigenvalue weighted by molar-refractivity contribution is 0.608. The molecule has 2 nitrogen and oxygen atoms in total. The summed E-state index contributed by atoms with van der Waals surface area (Å²) in [6.07, 6.45) is 0. The van der Waals surface area contributed by atoms with Gasteiger partial charge in [0.15, 0.2) is 0 Å². The van der Waals surface area contributed by atoms with Crippen molar-refractivity contribution in [1.82, 2.24) is 0 Å². The van der Waals surface area contributed by atoms with Gasteiger partial charge in [0.2, 0.25) is 9.05 Å². The monoisotopic (exact) mass is 252 g/mol. The van der Waals surface area contributed by atoms with Crippen LogP contribution in [0.15, 0.2) is 12.1 Å². The fourth-order valence-electron chi connectivity index (χ4n) is 1.18. The standard InChI is InChI=1S/C9H10Cl2O2S/c1-6-3-4-7(2)9(10)8(6)5-14(11,12)13/h3-4H,5H2,1-2H3. The van der Waals surface area contributed by atoms with Gasteiger partial charge in [-0.05, 0) is 30.5 Å². The summed E-state index contributed by atoms with van der Waals surface area (Å²) in [6, 6.07) is 3.68. The van der Waals surface area contributed by atoms with Crippen LogP contribution in [0.4, 0.5) is 0 Å². The van der Waals surface area contributed by atoms with Crippen LogP contribution in [0.1, 0.15) is 16.7 Å². The molecule has 1 aromatic carbocycles. The molecule has 0 aromatic heterocycles. The predicted octanol–water partition coefficient (Wildman–Crippen LogP) is 3.03. The highest BCUT2D eigenvalue weighted by Gasteiger charge is 2.14. The highest BCUT2D eigenvalue weighted by atomic mass is 35.7. The summed E-state index contributed by atoms with van der Waals surface area (Å²) in [5.74, 6) is -0.221. The van der Waals surface area contributed by atoms with Crippen LogP contribution >= 0.6 is 22.3 Å². The van der Waals surface area contributed by atoms with Gasteiger partial charge in [0.1, 0.15) is 0 Å². The molecule has 0 bridgehead atoms. The van der Waals surface area contributed by atoms with E-state index in [9.17, 15) is 8.42 Å². The molecule has 0 amide bonds. The highest BCUT2D eigenvalue weighted by Crippen LogP contribution is 2.26. The normalized spacial score (nSPS) is 11.7. The van der Waals surface area contributed by atoms with Crippen LogP contribution < -0.4 is 0 Å². The molecule has 0 atom stereocenters. The van der Waals surface area contributed by atoms with Gasteiger partial charge in [0, 0.05) is 15.7 Å². The van der Waals surface area contributed by atoms with Crippen LogP contribution in [-0.4, -0.2) is 8.42 Å². The molecule has 0 spiro atoms. The second kappa shape index (κ2) is 4.09. The number of rotatable bonds is 2. The van der Waals surface area contributed by atoms with Crippen LogP contribution in [-0.2, 0) is 14.8 Å².